The first kappa shape index (κ1) is 16.0. The van der Waals surface area contributed by atoms with Crippen molar-refractivity contribution in [2.45, 2.75) is 23.8 Å². The van der Waals surface area contributed by atoms with Crippen molar-refractivity contribution in [2.24, 2.45) is 0 Å². The summed E-state index contributed by atoms with van der Waals surface area (Å²) in [7, 11) is -3.79. The minimum absolute atomic E-state index is 0.0180. The third-order valence-corrected chi connectivity index (χ3v) is 5.03. The standard InChI is InChI=1S/C14H18N2O6S/c17-14(15-7-10-2-1-5-20-10)8-16-23(18,19)11-3-4-12-13(6-11)22-9-21-12/h3-4,6,10,16H,1-2,5,7-9H2,(H,15,17). The molecule has 0 saturated carbocycles. The smallest absolute Gasteiger partial charge is 0.241 e. The fourth-order valence-corrected chi connectivity index (χ4v) is 3.38. The van der Waals surface area contributed by atoms with Gasteiger partial charge in [-0.25, -0.2) is 13.1 Å². The third kappa shape index (κ3) is 3.92. The van der Waals surface area contributed by atoms with Gasteiger partial charge in [-0.1, -0.05) is 0 Å². The quantitative estimate of drug-likeness (QED) is 0.754. The van der Waals surface area contributed by atoms with Crippen molar-refractivity contribution in [2.75, 3.05) is 26.5 Å². The lowest BCUT2D eigenvalue weighted by atomic mass is 10.2. The molecule has 0 aromatic heterocycles. The minimum Gasteiger partial charge on any atom is -0.454 e. The van der Waals surface area contributed by atoms with E-state index in [0.717, 1.165) is 12.8 Å². The van der Waals surface area contributed by atoms with Crippen LogP contribution in [0.5, 0.6) is 11.5 Å². The zero-order chi connectivity index (χ0) is 16.3. The van der Waals surface area contributed by atoms with Gasteiger partial charge in [-0.2, -0.15) is 0 Å². The maximum absolute atomic E-state index is 12.2. The molecule has 1 unspecified atom stereocenters. The van der Waals surface area contributed by atoms with E-state index in [9.17, 15) is 13.2 Å². The van der Waals surface area contributed by atoms with E-state index < -0.39 is 15.9 Å². The molecule has 0 radical (unpaired) electrons. The molecule has 9 heteroatoms. The Kier molecular flexibility index (Phi) is 4.69. The largest absolute Gasteiger partial charge is 0.454 e. The number of benzene rings is 1. The van der Waals surface area contributed by atoms with Crippen molar-refractivity contribution in [3.63, 3.8) is 0 Å². The molecule has 3 rings (SSSR count). The van der Waals surface area contributed by atoms with Gasteiger partial charge in [-0.05, 0) is 25.0 Å². The summed E-state index contributed by atoms with van der Waals surface area (Å²) in [4.78, 5) is 11.7. The maximum atomic E-state index is 12.2. The van der Waals surface area contributed by atoms with Crippen LogP contribution in [0.4, 0.5) is 0 Å². The van der Waals surface area contributed by atoms with Gasteiger partial charge in [0.2, 0.25) is 22.7 Å². The Morgan fingerprint density at radius 2 is 2.09 bits per heavy atom. The van der Waals surface area contributed by atoms with E-state index in [1.807, 2.05) is 0 Å². The van der Waals surface area contributed by atoms with Crippen LogP contribution in [0.2, 0.25) is 0 Å². The number of carbonyl (C=O) groups is 1. The Morgan fingerprint density at radius 3 is 2.87 bits per heavy atom. The lowest BCUT2D eigenvalue weighted by Crippen LogP contribution is -2.39. The molecular formula is C14H18N2O6S. The van der Waals surface area contributed by atoms with Crippen LogP contribution >= 0.6 is 0 Å². The third-order valence-electron chi connectivity index (χ3n) is 3.63. The SMILES string of the molecule is O=C(CNS(=O)(=O)c1ccc2c(c1)OCO2)NCC1CCCO1. The summed E-state index contributed by atoms with van der Waals surface area (Å²) in [5.41, 5.74) is 0. The molecule has 0 spiro atoms. The molecule has 2 N–H and O–H groups in total. The van der Waals surface area contributed by atoms with Gasteiger partial charge >= 0.3 is 0 Å². The predicted molar refractivity (Wildman–Crippen MR) is 79.7 cm³/mol. The molecule has 1 aromatic carbocycles. The summed E-state index contributed by atoms with van der Waals surface area (Å²) < 4.78 is 42.3. The monoisotopic (exact) mass is 342 g/mol. The number of carbonyl (C=O) groups excluding carboxylic acids is 1. The molecule has 2 aliphatic heterocycles. The Morgan fingerprint density at radius 1 is 1.26 bits per heavy atom. The lowest BCUT2D eigenvalue weighted by molar-refractivity contribution is -0.120. The first-order valence-electron chi connectivity index (χ1n) is 7.32. The van der Waals surface area contributed by atoms with Crippen molar-refractivity contribution < 1.29 is 27.4 Å². The van der Waals surface area contributed by atoms with Crippen LogP contribution < -0.4 is 19.5 Å². The van der Waals surface area contributed by atoms with Crippen LogP contribution in [-0.4, -0.2) is 46.9 Å². The highest BCUT2D eigenvalue weighted by molar-refractivity contribution is 7.89. The molecule has 2 heterocycles. The van der Waals surface area contributed by atoms with Crippen molar-refractivity contribution in [1.82, 2.24) is 10.0 Å². The number of ether oxygens (including phenoxy) is 3. The van der Waals surface area contributed by atoms with Gasteiger partial charge in [0, 0.05) is 19.2 Å². The molecule has 0 aliphatic carbocycles. The van der Waals surface area contributed by atoms with Gasteiger partial charge in [0.15, 0.2) is 11.5 Å². The fraction of sp³-hybridized carbons (Fsp3) is 0.500. The number of rotatable bonds is 6. The number of fused-ring (bicyclic) bond motifs is 1. The summed E-state index contributed by atoms with van der Waals surface area (Å²) in [6.45, 7) is 0.837. The molecule has 8 nitrogen and oxygen atoms in total. The zero-order valence-corrected chi connectivity index (χ0v) is 13.2. The summed E-state index contributed by atoms with van der Waals surface area (Å²) in [5, 5.41) is 2.65. The average Bonchev–Trinajstić information content (AvgIpc) is 3.21. The predicted octanol–water partition coefficient (Wildman–Crippen LogP) is -0.0112. The van der Waals surface area contributed by atoms with Crippen LogP contribution in [0.3, 0.4) is 0 Å². The van der Waals surface area contributed by atoms with E-state index in [4.69, 9.17) is 14.2 Å². The summed E-state index contributed by atoms with van der Waals surface area (Å²) >= 11 is 0. The summed E-state index contributed by atoms with van der Waals surface area (Å²) in [6.07, 6.45) is 1.91. The molecule has 1 atom stereocenters. The van der Waals surface area contributed by atoms with Gasteiger partial charge < -0.3 is 19.5 Å². The van der Waals surface area contributed by atoms with Gasteiger partial charge in [0.25, 0.3) is 0 Å². The number of hydrogen-bond donors (Lipinski definition) is 2. The fourth-order valence-electron chi connectivity index (χ4n) is 2.38. The second kappa shape index (κ2) is 6.73. The summed E-state index contributed by atoms with van der Waals surface area (Å²) in [5.74, 6) is 0.471. The molecule has 23 heavy (non-hydrogen) atoms. The molecular weight excluding hydrogens is 324 g/mol. The zero-order valence-electron chi connectivity index (χ0n) is 12.4. The molecule has 2 aliphatic rings. The van der Waals surface area contributed by atoms with Gasteiger partial charge in [0.05, 0.1) is 17.5 Å². The van der Waals surface area contributed by atoms with Crippen molar-refractivity contribution >= 4 is 15.9 Å². The number of nitrogens with one attached hydrogen (secondary N) is 2. The van der Waals surface area contributed by atoms with Crippen LogP contribution in [0, 0.1) is 0 Å². The van der Waals surface area contributed by atoms with Gasteiger partial charge in [0.1, 0.15) is 0 Å². The van der Waals surface area contributed by atoms with E-state index in [0.29, 0.717) is 24.7 Å². The second-order valence-electron chi connectivity index (χ2n) is 5.28. The molecule has 126 valence electrons. The first-order valence-corrected chi connectivity index (χ1v) is 8.80. The molecule has 1 amide bonds. The topological polar surface area (TPSA) is 103 Å². The number of hydrogen-bond acceptors (Lipinski definition) is 6. The van der Waals surface area contributed by atoms with Crippen molar-refractivity contribution in [3.05, 3.63) is 18.2 Å². The van der Waals surface area contributed by atoms with Crippen LogP contribution in [0.25, 0.3) is 0 Å². The van der Waals surface area contributed by atoms with Crippen LogP contribution in [0.15, 0.2) is 23.1 Å². The van der Waals surface area contributed by atoms with E-state index >= 15 is 0 Å². The second-order valence-corrected chi connectivity index (χ2v) is 7.05. The highest BCUT2D eigenvalue weighted by Crippen LogP contribution is 2.33. The Balaban J connectivity index is 1.52. The van der Waals surface area contributed by atoms with Crippen LogP contribution in [-0.2, 0) is 19.6 Å². The Hall–Kier alpha value is -1.84. The molecule has 1 aromatic rings. The lowest BCUT2D eigenvalue weighted by Gasteiger charge is -2.11. The van der Waals surface area contributed by atoms with E-state index in [-0.39, 0.29) is 24.3 Å². The molecule has 1 saturated heterocycles. The van der Waals surface area contributed by atoms with E-state index in [1.54, 1.807) is 0 Å². The van der Waals surface area contributed by atoms with E-state index in [2.05, 4.69) is 10.0 Å². The van der Waals surface area contributed by atoms with Gasteiger partial charge in [-0.15, -0.1) is 0 Å². The Bertz CT molecular complexity index is 685. The Labute approximate surface area is 134 Å². The first-order chi connectivity index (χ1) is 11.0. The van der Waals surface area contributed by atoms with Crippen LogP contribution in [0.1, 0.15) is 12.8 Å². The number of amides is 1. The van der Waals surface area contributed by atoms with Gasteiger partial charge in [-0.3, -0.25) is 4.79 Å². The minimum atomic E-state index is -3.79. The molecule has 0 bridgehead atoms. The van der Waals surface area contributed by atoms with Crippen molar-refractivity contribution in [3.8, 4) is 11.5 Å². The van der Waals surface area contributed by atoms with E-state index in [1.165, 1.54) is 18.2 Å². The molecule has 1 fully saturated rings. The number of sulfonamides is 1. The highest BCUT2D eigenvalue weighted by Gasteiger charge is 2.21. The average molecular weight is 342 g/mol. The van der Waals surface area contributed by atoms with Crippen molar-refractivity contribution in [1.29, 1.82) is 0 Å². The maximum Gasteiger partial charge on any atom is 0.241 e. The summed E-state index contributed by atoms with van der Waals surface area (Å²) in [6, 6.07) is 4.30. The highest BCUT2D eigenvalue weighted by atomic mass is 32.2. The normalized spacial score (nSPS) is 19.7.